The molecule has 0 bridgehead atoms. The summed E-state index contributed by atoms with van der Waals surface area (Å²) < 4.78 is 0. The normalized spacial score (nSPS) is 14.4. The molecule has 2 N–H and O–H groups in total. The van der Waals surface area contributed by atoms with Crippen LogP contribution in [0.25, 0.3) is 11.0 Å². The Balaban J connectivity index is 1.68. The lowest BCUT2D eigenvalue weighted by Crippen LogP contribution is -2.30. The molecule has 0 saturated heterocycles. The van der Waals surface area contributed by atoms with Crippen LogP contribution in [-0.4, -0.2) is 25.9 Å². The average Bonchev–Trinajstić information content (AvgIpc) is 3.25. The first-order chi connectivity index (χ1) is 14.0. The highest BCUT2D eigenvalue weighted by atomic mass is 35.5. The van der Waals surface area contributed by atoms with Crippen molar-refractivity contribution < 1.29 is 9.90 Å². The number of phenols is 1. The van der Waals surface area contributed by atoms with Crippen LogP contribution >= 0.6 is 23.2 Å². The molecule has 5 rings (SSSR count). The van der Waals surface area contributed by atoms with Crippen molar-refractivity contribution >= 4 is 40.1 Å². The number of carbonyl (C=O) groups is 1. The quantitative estimate of drug-likeness (QED) is 0.468. The molecule has 1 aliphatic heterocycles. The number of halogens is 2. The maximum Gasteiger partial charge on any atom is 0.255 e. The molecule has 0 fully saturated rings. The van der Waals surface area contributed by atoms with Crippen molar-refractivity contribution in [2.45, 2.75) is 12.6 Å². The van der Waals surface area contributed by atoms with Gasteiger partial charge < -0.3 is 15.0 Å². The second-order valence-corrected chi connectivity index (χ2v) is 7.77. The van der Waals surface area contributed by atoms with Crippen LogP contribution in [-0.2, 0) is 6.54 Å². The van der Waals surface area contributed by atoms with E-state index in [2.05, 4.69) is 9.97 Å². The lowest BCUT2D eigenvalue weighted by Gasteiger charge is -2.27. The number of aromatic nitrogens is 2. The molecule has 5 nitrogen and oxygen atoms in total. The minimum atomic E-state index is -0.596. The van der Waals surface area contributed by atoms with Crippen LogP contribution in [0.1, 0.15) is 33.4 Å². The number of fused-ring (bicyclic) bond motifs is 2. The smallest absolute Gasteiger partial charge is 0.255 e. The number of hydrogen-bond donors (Lipinski definition) is 2. The van der Waals surface area contributed by atoms with Gasteiger partial charge in [-0.25, -0.2) is 4.98 Å². The topological polar surface area (TPSA) is 69.2 Å². The van der Waals surface area contributed by atoms with E-state index in [1.165, 1.54) is 0 Å². The molecule has 29 heavy (non-hydrogen) atoms. The van der Waals surface area contributed by atoms with E-state index in [0.29, 0.717) is 44.6 Å². The van der Waals surface area contributed by atoms with Gasteiger partial charge in [-0.15, -0.1) is 0 Å². The molecule has 1 aliphatic rings. The number of nitrogens with zero attached hydrogens (tertiary/aromatic N) is 2. The van der Waals surface area contributed by atoms with Gasteiger partial charge in [0, 0.05) is 17.7 Å². The number of benzene rings is 3. The first-order valence-corrected chi connectivity index (χ1v) is 9.80. The van der Waals surface area contributed by atoms with Gasteiger partial charge in [-0.2, -0.15) is 0 Å². The Hall–Kier alpha value is -3.02. The number of aromatic hydroxyl groups is 1. The van der Waals surface area contributed by atoms with Crippen molar-refractivity contribution in [3.63, 3.8) is 0 Å². The molecule has 7 heteroatoms. The Morgan fingerprint density at radius 2 is 1.76 bits per heavy atom. The number of amides is 1. The van der Waals surface area contributed by atoms with Crippen molar-refractivity contribution in [3.05, 3.63) is 93.2 Å². The fourth-order valence-corrected chi connectivity index (χ4v) is 4.14. The van der Waals surface area contributed by atoms with Crippen molar-refractivity contribution in [3.8, 4) is 5.75 Å². The number of nitrogens with one attached hydrogen (secondary N) is 1. The van der Waals surface area contributed by atoms with Crippen molar-refractivity contribution in [2.75, 3.05) is 0 Å². The second kappa shape index (κ2) is 6.79. The molecule has 4 aromatic rings. The van der Waals surface area contributed by atoms with Crippen LogP contribution in [0.15, 0.2) is 60.7 Å². The maximum atomic E-state index is 13.2. The van der Waals surface area contributed by atoms with Gasteiger partial charge in [-0.3, -0.25) is 4.79 Å². The van der Waals surface area contributed by atoms with Crippen LogP contribution in [0.3, 0.4) is 0 Å². The van der Waals surface area contributed by atoms with E-state index in [1.807, 2.05) is 30.3 Å². The highest BCUT2D eigenvalue weighted by molar-refractivity contribution is 6.42. The summed E-state index contributed by atoms with van der Waals surface area (Å²) in [6.45, 7) is 0.423. The summed E-state index contributed by atoms with van der Waals surface area (Å²) in [4.78, 5) is 22.8. The van der Waals surface area contributed by atoms with E-state index in [9.17, 15) is 9.90 Å². The Kier molecular flexibility index (Phi) is 4.23. The number of imidazole rings is 1. The number of para-hydroxylation sites is 1. The lowest BCUT2D eigenvalue weighted by molar-refractivity contribution is 0.0724. The third kappa shape index (κ3) is 2.94. The molecule has 1 amide bonds. The largest absolute Gasteiger partial charge is 0.508 e. The number of H-pyrrole nitrogens is 1. The van der Waals surface area contributed by atoms with Crippen LogP contribution in [0.5, 0.6) is 5.75 Å². The van der Waals surface area contributed by atoms with Gasteiger partial charge in [0.2, 0.25) is 0 Å². The molecule has 1 atom stereocenters. The van der Waals surface area contributed by atoms with Crippen LogP contribution < -0.4 is 0 Å². The molecule has 1 aromatic heterocycles. The predicted octanol–water partition coefficient (Wildman–Crippen LogP) is 5.32. The van der Waals surface area contributed by atoms with E-state index in [4.69, 9.17) is 23.2 Å². The molecule has 144 valence electrons. The molecule has 0 aliphatic carbocycles. The van der Waals surface area contributed by atoms with Crippen molar-refractivity contribution in [2.24, 2.45) is 0 Å². The third-order valence-electron chi connectivity index (χ3n) is 5.19. The van der Waals surface area contributed by atoms with Gasteiger partial charge in [0.15, 0.2) is 0 Å². The number of carbonyl (C=O) groups excluding carboxylic acids is 1. The molecule has 2 heterocycles. The minimum Gasteiger partial charge on any atom is -0.508 e. The number of phenolic OH excluding ortho intramolecular Hbond substituents is 1. The Morgan fingerprint density at radius 1 is 1.03 bits per heavy atom. The van der Waals surface area contributed by atoms with Crippen LogP contribution in [0.4, 0.5) is 0 Å². The molecule has 0 saturated carbocycles. The molecule has 0 radical (unpaired) electrons. The number of hydrogen-bond acceptors (Lipinski definition) is 3. The van der Waals surface area contributed by atoms with Gasteiger partial charge in [0.05, 0.1) is 21.1 Å². The molecular weight excluding hydrogens is 409 g/mol. The van der Waals surface area contributed by atoms with E-state index in [-0.39, 0.29) is 11.7 Å². The molecule has 0 spiro atoms. The zero-order chi connectivity index (χ0) is 20.1. The predicted molar refractivity (Wildman–Crippen MR) is 112 cm³/mol. The van der Waals surface area contributed by atoms with Gasteiger partial charge in [-0.1, -0.05) is 59.6 Å². The van der Waals surface area contributed by atoms with Gasteiger partial charge >= 0.3 is 0 Å². The average molecular weight is 424 g/mol. The summed E-state index contributed by atoms with van der Waals surface area (Å²) in [5, 5.41) is 11.4. The monoisotopic (exact) mass is 423 g/mol. The minimum absolute atomic E-state index is 0.0952. The Bertz CT molecular complexity index is 1230. The highest BCUT2D eigenvalue weighted by Crippen LogP contribution is 2.39. The molecule has 3 aromatic carbocycles. The van der Waals surface area contributed by atoms with E-state index in [0.717, 1.165) is 5.56 Å². The number of aromatic amines is 1. The lowest BCUT2D eigenvalue weighted by atomic mass is 10.0. The summed E-state index contributed by atoms with van der Waals surface area (Å²) in [6.07, 6.45) is 0. The third-order valence-corrected chi connectivity index (χ3v) is 5.92. The summed E-state index contributed by atoms with van der Waals surface area (Å²) >= 11 is 12.3. The summed E-state index contributed by atoms with van der Waals surface area (Å²) in [7, 11) is 0. The van der Waals surface area contributed by atoms with Crippen molar-refractivity contribution in [1.29, 1.82) is 0 Å². The highest BCUT2D eigenvalue weighted by Gasteiger charge is 2.36. The SMILES string of the molecule is O=C1c2ccccc2CN1C(c1nc2cc(Cl)c(Cl)cc2[nH]1)c1ccccc1O. The van der Waals surface area contributed by atoms with Crippen LogP contribution in [0, 0.1) is 0 Å². The maximum absolute atomic E-state index is 13.2. The summed E-state index contributed by atoms with van der Waals surface area (Å²) in [5.41, 5.74) is 3.54. The fraction of sp³-hybridized carbons (Fsp3) is 0.0909. The summed E-state index contributed by atoms with van der Waals surface area (Å²) in [5.74, 6) is 0.518. The van der Waals surface area contributed by atoms with E-state index < -0.39 is 6.04 Å². The zero-order valence-electron chi connectivity index (χ0n) is 15.1. The van der Waals surface area contributed by atoms with E-state index in [1.54, 1.807) is 35.2 Å². The zero-order valence-corrected chi connectivity index (χ0v) is 16.6. The molecule has 1 unspecified atom stereocenters. The first-order valence-electron chi connectivity index (χ1n) is 9.04. The standard InChI is InChI=1S/C22H15Cl2N3O2/c23-15-9-17-18(10-16(15)24)26-21(25-17)20(14-7-3-4-8-19(14)28)27-11-12-5-1-2-6-13(12)22(27)29/h1-10,20,28H,11H2,(H,25,26). The second-order valence-electron chi connectivity index (χ2n) is 6.96. The Labute approximate surface area is 176 Å². The number of rotatable bonds is 3. The van der Waals surface area contributed by atoms with Gasteiger partial charge in [0.1, 0.15) is 17.6 Å². The van der Waals surface area contributed by atoms with E-state index >= 15 is 0 Å². The fourth-order valence-electron chi connectivity index (χ4n) is 3.82. The van der Waals surface area contributed by atoms with Gasteiger partial charge in [-0.05, 0) is 29.8 Å². The van der Waals surface area contributed by atoms with Crippen LogP contribution in [0.2, 0.25) is 10.0 Å². The summed E-state index contributed by atoms with van der Waals surface area (Å²) in [6, 6.07) is 17.3. The van der Waals surface area contributed by atoms with Crippen molar-refractivity contribution in [1.82, 2.24) is 14.9 Å². The van der Waals surface area contributed by atoms with Gasteiger partial charge in [0.25, 0.3) is 5.91 Å². The molecular formula is C22H15Cl2N3O2. The Morgan fingerprint density at radius 3 is 2.55 bits per heavy atom. The first kappa shape index (κ1) is 18.0.